The number of hydrogen-bond acceptors (Lipinski definition) is 6. The van der Waals surface area contributed by atoms with Crippen LogP contribution in [0.4, 0.5) is 16.2 Å². The van der Waals surface area contributed by atoms with Crippen LogP contribution in [-0.4, -0.2) is 37.9 Å². The van der Waals surface area contributed by atoms with E-state index in [2.05, 4.69) is 36.2 Å². The Morgan fingerprint density at radius 2 is 2.04 bits per heavy atom. The van der Waals surface area contributed by atoms with Crippen LogP contribution >= 0.6 is 0 Å². The SMILES string of the molecule is Cc1cccc(CN2CC[C@H](c3ccnc(Nc4cc(F)ccn4)n3)C2)n1. The molecule has 1 fully saturated rings. The van der Waals surface area contributed by atoms with Gasteiger partial charge in [0.15, 0.2) is 0 Å². The minimum atomic E-state index is -0.347. The monoisotopic (exact) mass is 364 g/mol. The van der Waals surface area contributed by atoms with E-state index in [-0.39, 0.29) is 5.82 Å². The van der Waals surface area contributed by atoms with Gasteiger partial charge in [0.05, 0.1) is 11.4 Å². The van der Waals surface area contributed by atoms with E-state index < -0.39 is 0 Å². The largest absolute Gasteiger partial charge is 0.309 e. The maximum Gasteiger partial charge on any atom is 0.228 e. The second-order valence-corrected chi connectivity index (χ2v) is 6.78. The molecule has 4 heterocycles. The van der Waals surface area contributed by atoms with E-state index in [9.17, 15) is 4.39 Å². The average molecular weight is 364 g/mol. The van der Waals surface area contributed by atoms with Gasteiger partial charge in [-0.1, -0.05) is 6.07 Å². The Hall–Kier alpha value is -2.93. The molecule has 1 N–H and O–H groups in total. The van der Waals surface area contributed by atoms with Crippen LogP contribution in [0.3, 0.4) is 0 Å². The lowest BCUT2D eigenvalue weighted by Gasteiger charge is -2.16. The van der Waals surface area contributed by atoms with Gasteiger partial charge < -0.3 is 5.32 Å². The van der Waals surface area contributed by atoms with Crippen molar-refractivity contribution in [1.82, 2.24) is 24.8 Å². The molecule has 0 spiro atoms. The summed E-state index contributed by atoms with van der Waals surface area (Å²) in [4.78, 5) is 19.9. The summed E-state index contributed by atoms with van der Waals surface area (Å²) >= 11 is 0. The van der Waals surface area contributed by atoms with Gasteiger partial charge in [-0.05, 0) is 44.2 Å². The van der Waals surface area contributed by atoms with Crippen molar-refractivity contribution in [2.45, 2.75) is 25.8 Å². The second-order valence-electron chi connectivity index (χ2n) is 6.78. The van der Waals surface area contributed by atoms with Crippen LogP contribution < -0.4 is 5.32 Å². The Bertz CT molecular complexity index is 932. The van der Waals surface area contributed by atoms with E-state index >= 15 is 0 Å². The van der Waals surface area contributed by atoms with Gasteiger partial charge >= 0.3 is 0 Å². The Morgan fingerprint density at radius 3 is 2.89 bits per heavy atom. The third-order valence-electron chi connectivity index (χ3n) is 4.66. The van der Waals surface area contributed by atoms with Crippen LogP contribution in [0.5, 0.6) is 0 Å². The third kappa shape index (κ3) is 4.43. The molecule has 1 saturated heterocycles. The summed E-state index contributed by atoms with van der Waals surface area (Å²) in [6.45, 7) is 4.81. The van der Waals surface area contributed by atoms with Crippen molar-refractivity contribution in [3.8, 4) is 0 Å². The molecule has 138 valence electrons. The molecule has 0 saturated carbocycles. The molecule has 0 aromatic carbocycles. The lowest BCUT2D eigenvalue weighted by molar-refractivity contribution is 0.322. The van der Waals surface area contributed by atoms with Gasteiger partial charge in [0, 0.05) is 43.2 Å². The maximum absolute atomic E-state index is 13.3. The number of aromatic nitrogens is 4. The first-order chi connectivity index (χ1) is 13.2. The van der Waals surface area contributed by atoms with Crippen molar-refractivity contribution in [2.24, 2.45) is 0 Å². The van der Waals surface area contributed by atoms with Gasteiger partial charge in [-0.25, -0.2) is 19.3 Å². The van der Waals surface area contributed by atoms with Gasteiger partial charge in [-0.15, -0.1) is 0 Å². The first kappa shape index (κ1) is 17.5. The maximum atomic E-state index is 13.3. The lowest BCUT2D eigenvalue weighted by atomic mass is 10.1. The highest BCUT2D eigenvalue weighted by Gasteiger charge is 2.25. The number of nitrogens with zero attached hydrogens (tertiary/aromatic N) is 5. The molecule has 0 amide bonds. The van der Waals surface area contributed by atoms with Gasteiger partial charge in [-0.3, -0.25) is 9.88 Å². The van der Waals surface area contributed by atoms with Crippen molar-refractivity contribution >= 4 is 11.8 Å². The average Bonchev–Trinajstić information content (AvgIpc) is 3.10. The highest BCUT2D eigenvalue weighted by atomic mass is 19.1. The van der Waals surface area contributed by atoms with Crippen molar-refractivity contribution < 1.29 is 4.39 Å². The highest BCUT2D eigenvalue weighted by molar-refractivity contribution is 5.47. The van der Waals surface area contributed by atoms with E-state index in [1.165, 1.54) is 18.3 Å². The number of pyridine rings is 2. The number of anilines is 2. The Morgan fingerprint density at radius 1 is 1.15 bits per heavy atom. The summed E-state index contributed by atoms with van der Waals surface area (Å²) in [5, 5.41) is 2.97. The van der Waals surface area contributed by atoms with Gasteiger partial charge in [-0.2, -0.15) is 0 Å². The van der Waals surface area contributed by atoms with Crippen LogP contribution in [0.2, 0.25) is 0 Å². The normalized spacial score (nSPS) is 17.2. The first-order valence-corrected chi connectivity index (χ1v) is 9.02. The summed E-state index contributed by atoms with van der Waals surface area (Å²) in [5.74, 6) is 0.828. The summed E-state index contributed by atoms with van der Waals surface area (Å²) in [5.41, 5.74) is 3.13. The summed E-state index contributed by atoms with van der Waals surface area (Å²) in [6.07, 6.45) is 4.19. The molecule has 1 aliphatic rings. The Labute approximate surface area is 157 Å². The van der Waals surface area contributed by atoms with Crippen LogP contribution in [0, 0.1) is 12.7 Å². The molecule has 0 radical (unpaired) electrons. The van der Waals surface area contributed by atoms with Crippen LogP contribution in [0.25, 0.3) is 0 Å². The number of aryl methyl sites for hydroxylation is 1. The molecular weight excluding hydrogens is 343 g/mol. The molecular formula is C20H21FN6. The Balaban J connectivity index is 1.42. The molecule has 6 nitrogen and oxygen atoms in total. The molecule has 7 heteroatoms. The Kier molecular flexibility index (Phi) is 5.02. The quantitative estimate of drug-likeness (QED) is 0.748. The molecule has 1 aliphatic heterocycles. The number of likely N-dealkylation sites (tertiary alicyclic amines) is 1. The molecule has 0 aliphatic carbocycles. The number of hydrogen-bond donors (Lipinski definition) is 1. The number of halogens is 1. The molecule has 0 bridgehead atoms. The van der Waals surface area contributed by atoms with E-state index in [1.807, 2.05) is 25.1 Å². The molecule has 3 aromatic heterocycles. The molecule has 4 rings (SSSR count). The fourth-order valence-corrected chi connectivity index (χ4v) is 3.38. The van der Waals surface area contributed by atoms with E-state index in [0.717, 1.165) is 43.1 Å². The van der Waals surface area contributed by atoms with Crippen molar-refractivity contribution in [3.05, 3.63) is 71.7 Å². The van der Waals surface area contributed by atoms with Crippen molar-refractivity contribution in [2.75, 3.05) is 18.4 Å². The third-order valence-corrected chi connectivity index (χ3v) is 4.66. The number of rotatable bonds is 5. The van der Waals surface area contributed by atoms with E-state index in [1.54, 1.807) is 6.20 Å². The van der Waals surface area contributed by atoms with Crippen LogP contribution in [0.1, 0.15) is 29.4 Å². The predicted molar refractivity (Wildman–Crippen MR) is 101 cm³/mol. The fourth-order valence-electron chi connectivity index (χ4n) is 3.38. The van der Waals surface area contributed by atoms with E-state index in [0.29, 0.717) is 17.7 Å². The van der Waals surface area contributed by atoms with Crippen LogP contribution in [-0.2, 0) is 6.54 Å². The zero-order valence-electron chi connectivity index (χ0n) is 15.1. The minimum Gasteiger partial charge on any atom is -0.309 e. The summed E-state index contributed by atoms with van der Waals surface area (Å²) < 4.78 is 13.3. The zero-order chi connectivity index (χ0) is 18.6. The van der Waals surface area contributed by atoms with Crippen molar-refractivity contribution in [3.63, 3.8) is 0 Å². The molecule has 0 unspecified atom stereocenters. The molecule has 3 aromatic rings. The van der Waals surface area contributed by atoms with Crippen LogP contribution in [0.15, 0.2) is 48.8 Å². The van der Waals surface area contributed by atoms with Gasteiger partial charge in [0.1, 0.15) is 11.6 Å². The minimum absolute atomic E-state index is 0.346. The molecule has 1 atom stereocenters. The van der Waals surface area contributed by atoms with Gasteiger partial charge in [0.25, 0.3) is 0 Å². The first-order valence-electron chi connectivity index (χ1n) is 9.02. The smallest absolute Gasteiger partial charge is 0.228 e. The number of nitrogens with one attached hydrogen (secondary N) is 1. The zero-order valence-corrected chi connectivity index (χ0v) is 15.1. The van der Waals surface area contributed by atoms with Crippen molar-refractivity contribution in [1.29, 1.82) is 0 Å². The summed E-state index contributed by atoms with van der Waals surface area (Å²) in [6, 6.07) is 10.7. The summed E-state index contributed by atoms with van der Waals surface area (Å²) in [7, 11) is 0. The van der Waals surface area contributed by atoms with Gasteiger partial charge in [0.2, 0.25) is 5.95 Å². The second kappa shape index (κ2) is 7.75. The standard InChI is InChI=1S/C20H21FN6/c1-14-3-2-4-17(24-14)13-27-10-7-15(12-27)18-6-9-23-20(25-18)26-19-11-16(21)5-8-22-19/h2-6,8-9,11,15H,7,10,12-13H2,1H3,(H,22,23,25,26)/t15-/m0/s1. The predicted octanol–water partition coefficient (Wildman–Crippen LogP) is 3.45. The fraction of sp³-hybridized carbons (Fsp3) is 0.300. The molecule has 27 heavy (non-hydrogen) atoms. The van der Waals surface area contributed by atoms with E-state index in [4.69, 9.17) is 0 Å². The lowest BCUT2D eigenvalue weighted by Crippen LogP contribution is -2.20. The topological polar surface area (TPSA) is 66.8 Å². The highest BCUT2D eigenvalue weighted by Crippen LogP contribution is 2.27.